The van der Waals surface area contributed by atoms with Crippen LogP contribution < -0.4 is 25.4 Å². The molecule has 216 valence electrons. The van der Waals surface area contributed by atoms with Crippen LogP contribution in [0.4, 0.5) is 18.9 Å². The van der Waals surface area contributed by atoms with Crippen LogP contribution >= 0.6 is 12.4 Å². The predicted octanol–water partition coefficient (Wildman–Crippen LogP) is 5.35. The summed E-state index contributed by atoms with van der Waals surface area (Å²) in [6, 6.07) is 12.7. The molecular formula is C27H29ClF3N3O6. The van der Waals surface area contributed by atoms with E-state index in [2.05, 4.69) is 16.4 Å². The van der Waals surface area contributed by atoms with Crippen molar-refractivity contribution in [2.45, 2.75) is 19.3 Å². The Morgan fingerprint density at radius 1 is 0.750 bits per heavy atom. The van der Waals surface area contributed by atoms with Crippen LogP contribution in [-0.4, -0.2) is 48.3 Å². The van der Waals surface area contributed by atoms with Gasteiger partial charge in [0.1, 0.15) is 34.7 Å². The van der Waals surface area contributed by atoms with Crippen molar-refractivity contribution >= 4 is 29.6 Å². The molecule has 6 rings (SSSR count). The SMILES string of the molecule is Cl.Fc1ccc2c(c1)OCCCN2.NO.O/N=C1/CCOc2cc(F)ccc21.O=C1CCOc2cc(F)ccc21. The van der Waals surface area contributed by atoms with E-state index in [1.54, 1.807) is 12.1 Å². The second kappa shape index (κ2) is 16.2. The average Bonchev–Trinajstić information content (AvgIpc) is 3.19. The van der Waals surface area contributed by atoms with Crippen LogP contribution in [-0.2, 0) is 0 Å². The molecule has 3 heterocycles. The summed E-state index contributed by atoms with van der Waals surface area (Å²) in [5, 5.41) is 21.4. The summed E-state index contributed by atoms with van der Waals surface area (Å²) in [6.07, 6.45) is 1.89. The van der Waals surface area contributed by atoms with E-state index in [4.69, 9.17) is 24.6 Å². The van der Waals surface area contributed by atoms with Crippen LogP contribution in [0.25, 0.3) is 0 Å². The van der Waals surface area contributed by atoms with Crippen LogP contribution in [0.3, 0.4) is 0 Å². The van der Waals surface area contributed by atoms with Gasteiger partial charge < -0.3 is 29.9 Å². The molecule has 0 radical (unpaired) electrons. The van der Waals surface area contributed by atoms with Crippen molar-refractivity contribution < 1.29 is 42.6 Å². The van der Waals surface area contributed by atoms with Crippen molar-refractivity contribution in [2.75, 3.05) is 31.7 Å². The number of fused-ring (bicyclic) bond motifs is 3. The number of oxime groups is 1. The molecule has 3 aromatic rings. The largest absolute Gasteiger partial charge is 0.492 e. The smallest absolute Gasteiger partial charge is 0.169 e. The number of hydrogen-bond acceptors (Lipinski definition) is 9. The van der Waals surface area contributed by atoms with Crippen molar-refractivity contribution in [3.8, 4) is 17.2 Å². The second-order valence-electron chi connectivity index (χ2n) is 8.22. The fourth-order valence-electron chi connectivity index (χ4n) is 3.82. The van der Waals surface area contributed by atoms with Crippen LogP contribution in [0.2, 0.25) is 0 Å². The summed E-state index contributed by atoms with van der Waals surface area (Å²) in [7, 11) is 0. The summed E-state index contributed by atoms with van der Waals surface area (Å²) in [4.78, 5) is 11.2. The van der Waals surface area contributed by atoms with Gasteiger partial charge in [0.15, 0.2) is 5.78 Å². The topological polar surface area (TPSA) is 136 Å². The number of rotatable bonds is 0. The summed E-state index contributed by atoms with van der Waals surface area (Å²) >= 11 is 0. The summed E-state index contributed by atoms with van der Waals surface area (Å²) in [5.74, 6) is 3.98. The van der Waals surface area contributed by atoms with Gasteiger partial charge >= 0.3 is 0 Å². The highest BCUT2D eigenvalue weighted by molar-refractivity contribution is 6.03. The number of anilines is 1. The monoisotopic (exact) mass is 583 g/mol. The van der Waals surface area contributed by atoms with Crippen molar-refractivity contribution in [3.05, 3.63) is 83.2 Å². The highest BCUT2D eigenvalue weighted by atomic mass is 35.5. The van der Waals surface area contributed by atoms with Gasteiger partial charge in [-0.05, 0) is 42.8 Å². The molecule has 0 bridgehead atoms. The molecule has 3 aromatic carbocycles. The van der Waals surface area contributed by atoms with E-state index in [0.717, 1.165) is 18.7 Å². The molecule has 0 saturated heterocycles. The first kappa shape index (κ1) is 32.2. The van der Waals surface area contributed by atoms with E-state index in [1.807, 2.05) is 0 Å². The number of ketones is 1. The predicted molar refractivity (Wildman–Crippen MR) is 144 cm³/mol. The molecule has 40 heavy (non-hydrogen) atoms. The van der Waals surface area contributed by atoms with Gasteiger partial charge in [-0.2, -0.15) is 0 Å². The number of nitrogens with zero attached hydrogens (tertiary/aromatic N) is 1. The summed E-state index contributed by atoms with van der Waals surface area (Å²) in [6.45, 7) is 2.33. The van der Waals surface area contributed by atoms with Crippen molar-refractivity contribution in [1.82, 2.24) is 0 Å². The molecule has 0 amide bonds. The van der Waals surface area contributed by atoms with Crippen molar-refractivity contribution in [2.24, 2.45) is 11.1 Å². The van der Waals surface area contributed by atoms with E-state index in [9.17, 15) is 18.0 Å². The Morgan fingerprint density at radius 3 is 1.93 bits per heavy atom. The first-order chi connectivity index (χ1) is 18.9. The highest BCUT2D eigenvalue weighted by Crippen LogP contribution is 2.28. The van der Waals surface area contributed by atoms with Gasteiger partial charge in [-0.3, -0.25) is 4.79 Å². The summed E-state index contributed by atoms with van der Waals surface area (Å²) < 4.78 is 53.7. The molecule has 9 nitrogen and oxygen atoms in total. The van der Waals surface area contributed by atoms with Gasteiger partial charge in [-0.1, -0.05) is 5.16 Å². The Morgan fingerprint density at radius 2 is 1.27 bits per heavy atom. The second-order valence-corrected chi connectivity index (χ2v) is 8.22. The number of hydrogen-bond donors (Lipinski definition) is 4. The molecule has 0 aliphatic carbocycles. The van der Waals surface area contributed by atoms with Crippen LogP contribution in [0.15, 0.2) is 59.8 Å². The van der Waals surface area contributed by atoms with E-state index >= 15 is 0 Å². The molecular weight excluding hydrogens is 555 g/mol. The van der Waals surface area contributed by atoms with E-state index in [1.165, 1.54) is 42.5 Å². The zero-order valence-electron chi connectivity index (χ0n) is 21.2. The van der Waals surface area contributed by atoms with Gasteiger partial charge in [0, 0.05) is 43.1 Å². The first-order valence-electron chi connectivity index (χ1n) is 12.0. The zero-order valence-corrected chi connectivity index (χ0v) is 22.1. The fraction of sp³-hybridized carbons (Fsp3) is 0.259. The van der Waals surface area contributed by atoms with E-state index in [0.29, 0.717) is 66.7 Å². The summed E-state index contributed by atoms with van der Waals surface area (Å²) in [5.41, 5.74) is 2.58. The number of carbonyl (C=O) groups is 1. The van der Waals surface area contributed by atoms with Gasteiger partial charge in [-0.15, -0.1) is 12.4 Å². The van der Waals surface area contributed by atoms with Gasteiger partial charge in [0.05, 0.1) is 36.8 Å². The Labute approximate surface area is 234 Å². The molecule has 0 aromatic heterocycles. The maximum Gasteiger partial charge on any atom is 0.169 e. The molecule has 0 atom stereocenters. The molecule has 13 heteroatoms. The number of nitrogens with two attached hydrogens (primary N) is 1. The van der Waals surface area contributed by atoms with Gasteiger partial charge in [-0.25, -0.2) is 19.1 Å². The van der Waals surface area contributed by atoms with E-state index in [-0.39, 0.29) is 35.6 Å². The van der Waals surface area contributed by atoms with E-state index < -0.39 is 0 Å². The molecule has 0 fully saturated rings. The minimum absolute atomic E-state index is 0. The Kier molecular flexibility index (Phi) is 13.0. The fourth-order valence-corrected chi connectivity index (χ4v) is 3.82. The van der Waals surface area contributed by atoms with Gasteiger partial charge in [0.25, 0.3) is 0 Å². The lowest BCUT2D eigenvalue weighted by molar-refractivity contribution is 0.0933. The third kappa shape index (κ3) is 8.76. The Balaban J connectivity index is 0.000000201. The van der Waals surface area contributed by atoms with Crippen molar-refractivity contribution in [3.63, 3.8) is 0 Å². The van der Waals surface area contributed by atoms with Gasteiger partial charge in [0.2, 0.25) is 0 Å². The standard InChI is InChI=1S/C9H8FNO2.C9H10FNO.C9H7FO2.ClH.H3NO/c10-6-1-2-7-8(11-12)3-4-13-9(7)5-6;10-7-2-3-8-9(6-7)12-5-1-4-11-8;10-6-1-2-7-8(11)3-4-12-9(7)5-6;;1-2/h1-2,5,12H,3-4H2;2-3,6,11H,1,4-5H2;1-2,5H,3-4H2;1H;2H,1H2/b11-8-;;;;. The number of halogens is 4. The molecule has 5 N–H and O–H groups in total. The lowest BCUT2D eigenvalue weighted by Crippen LogP contribution is -2.16. The van der Waals surface area contributed by atoms with Crippen LogP contribution in [0.5, 0.6) is 17.2 Å². The van der Waals surface area contributed by atoms with Crippen LogP contribution in [0.1, 0.15) is 35.2 Å². The molecule has 3 aliphatic heterocycles. The number of carbonyl (C=O) groups excluding carboxylic acids is 1. The molecule has 0 unspecified atom stereocenters. The first-order valence-corrected chi connectivity index (χ1v) is 12.0. The normalized spacial score (nSPS) is 15.2. The number of Topliss-reactive ketones (excluding diaryl/α,β-unsaturated/α-hetero) is 1. The lowest BCUT2D eigenvalue weighted by atomic mass is 10.0. The maximum absolute atomic E-state index is 12.7. The average molecular weight is 584 g/mol. The lowest BCUT2D eigenvalue weighted by Gasteiger charge is -2.17. The highest BCUT2D eigenvalue weighted by Gasteiger charge is 2.18. The number of ether oxygens (including phenoxy) is 3. The van der Waals surface area contributed by atoms with Crippen molar-refractivity contribution in [1.29, 1.82) is 0 Å². The quantitative estimate of drug-likeness (QED) is 0.205. The Hall–Kier alpha value is -4.00. The zero-order chi connectivity index (χ0) is 28.2. The third-order valence-electron chi connectivity index (χ3n) is 5.64. The number of nitrogens with one attached hydrogen (secondary N) is 1. The van der Waals surface area contributed by atoms with Crippen LogP contribution in [0, 0.1) is 17.5 Å². The Bertz CT molecular complexity index is 1310. The minimum Gasteiger partial charge on any atom is -0.492 e. The molecule has 0 spiro atoms. The molecule has 0 saturated carbocycles. The third-order valence-corrected chi connectivity index (χ3v) is 5.64. The molecule has 3 aliphatic rings. The number of benzene rings is 3. The minimum atomic E-state index is -0.372. The maximum atomic E-state index is 12.7.